The van der Waals surface area contributed by atoms with Crippen LogP contribution in [0.1, 0.15) is 12.5 Å². The van der Waals surface area contributed by atoms with Gasteiger partial charge in [0.05, 0.1) is 11.0 Å². The van der Waals surface area contributed by atoms with Crippen molar-refractivity contribution in [3.05, 3.63) is 33.9 Å². The van der Waals surface area contributed by atoms with E-state index in [9.17, 15) is 10.1 Å². The van der Waals surface area contributed by atoms with Gasteiger partial charge in [-0.3, -0.25) is 10.1 Å². The lowest BCUT2D eigenvalue weighted by molar-refractivity contribution is -0.385. The van der Waals surface area contributed by atoms with E-state index in [1.807, 2.05) is 6.07 Å². The fourth-order valence-electron chi connectivity index (χ4n) is 1.61. The summed E-state index contributed by atoms with van der Waals surface area (Å²) < 4.78 is 0. The molecular weight excluding hydrogens is 234 g/mol. The molecule has 0 spiro atoms. The fourth-order valence-corrected chi connectivity index (χ4v) is 1.61. The summed E-state index contributed by atoms with van der Waals surface area (Å²) in [5.41, 5.74) is 1.53. The van der Waals surface area contributed by atoms with Crippen LogP contribution in [0.5, 0.6) is 0 Å². The molecule has 1 unspecified atom stereocenters. The molecule has 3 N–H and O–H groups in total. The van der Waals surface area contributed by atoms with Crippen molar-refractivity contribution in [2.24, 2.45) is 0 Å². The molecule has 18 heavy (non-hydrogen) atoms. The number of hydrogen-bond acceptors (Lipinski definition) is 5. The van der Waals surface area contributed by atoms with Gasteiger partial charge in [-0.25, -0.2) is 0 Å². The third kappa shape index (κ3) is 4.31. The summed E-state index contributed by atoms with van der Waals surface area (Å²) in [5, 5.41) is 26.0. The molecule has 0 aromatic heterocycles. The molecule has 0 fully saturated rings. The van der Waals surface area contributed by atoms with E-state index in [1.165, 1.54) is 6.07 Å². The van der Waals surface area contributed by atoms with E-state index in [0.717, 1.165) is 5.69 Å². The van der Waals surface area contributed by atoms with Gasteiger partial charge in [0.2, 0.25) is 0 Å². The lowest BCUT2D eigenvalue weighted by Crippen LogP contribution is -2.29. The smallest absolute Gasteiger partial charge is 0.274 e. The van der Waals surface area contributed by atoms with Crippen LogP contribution in [0.2, 0.25) is 0 Å². The third-order valence-electron chi connectivity index (χ3n) is 2.56. The van der Waals surface area contributed by atoms with Crippen molar-refractivity contribution in [2.75, 3.05) is 25.0 Å². The molecule has 1 aromatic carbocycles. The maximum Gasteiger partial charge on any atom is 0.274 e. The summed E-state index contributed by atoms with van der Waals surface area (Å²) in [6.45, 7) is 5.31. The van der Waals surface area contributed by atoms with Crippen molar-refractivity contribution in [2.45, 2.75) is 20.0 Å². The zero-order valence-corrected chi connectivity index (χ0v) is 10.6. The highest BCUT2D eigenvalue weighted by molar-refractivity contribution is 5.59. The van der Waals surface area contributed by atoms with Crippen molar-refractivity contribution in [1.82, 2.24) is 5.32 Å². The molecule has 0 aliphatic heterocycles. The molecule has 1 rings (SSSR count). The number of nitro benzene ring substituents is 1. The van der Waals surface area contributed by atoms with Crippen LogP contribution >= 0.6 is 0 Å². The summed E-state index contributed by atoms with van der Waals surface area (Å²) >= 11 is 0. The van der Waals surface area contributed by atoms with Gasteiger partial charge in [0, 0.05) is 37.0 Å². The number of nitro groups is 1. The van der Waals surface area contributed by atoms with Crippen molar-refractivity contribution >= 4 is 11.4 Å². The maximum absolute atomic E-state index is 10.8. The lowest BCUT2D eigenvalue weighted by Gasteiger charge is -2.11. The molecular formula is C12H19N3O3. The third-order valence-corrected chi connectivity index (χ3v) is 2.56. The van der Waals surface area contributed by atoms with Gasteiger partial charge in [0.1, 0.15) is 0 Å². The number of aliphatic hydroxyl groups excluding tert-OH is 1. The zero-order valence-electron chi connectivity index (χ0n) is 10.6. The minimum Gasteiger partial charge on any atom is -0.392 e. The van der Waals surface area contributed by atoms with Crippen LogP contribution in [0.15, 0.2) is 18.2 Å². The molecule has 0 saturated heterocycles. The first kappa shape index (κ1) is 14.4. The van der Waals surface area contributed by atoms with Crippen LogP contribution in [0, 0.1) is 17.0 Å². The van der Waals surface area contributed by atoms with Crippen molar-refractivity contribution < 1.29 is 10.0 Å². The van der Waals surface area contributed by atoms with Gasteiger partial charge in [0.15, 0.2) is 0 Å². The van der Waals surface area contributed by atoms with Gasteiger partial charge in [-0.05, 0) is 19.9 Å². The normalized spacial score (nSPS) is 12.2. The Bertz CT molecular complexity index is 408. The summed E-state index contributed by atoms with van der Waals surface area (Å²) in [6, 6.07) is 4.97. The highest BCUT2D eigenvalue weighted by Gasteiger charge is 2.12. The van der Waals surface area contributed by atoms with Crippen molar-refractivity contribution in [3.63, 3.8) is 0 Å². The van der Waals surface area contributed by atoms with Crippen LogP contribution in [0.3, 0.4) is 0 Å². The van der Waals surface area contributed by atoms with Crippen molar-refractivity contribution in [3.8, 4) is 0 Å². The highest BCUT2D eigenvalue weighted by Crippen LogP contribution is 2.24. The minimum atomic E-state index is -0.383. The number of anilines is 1. The molecule has 0 aliphatic carbocycles. The van der Waals surface area contributed by atoms with Crippen LogP contribution in [-0.2, 0) is 0 Å². The van der Waals surface area contributed by atoms with Crippen LogP contribution < -0.4 is 10.6 Å². The Kier molecular flexibility index (Phi) is 5.54. The standard InChI is InChI=1S/C12H19N3O3/c1-9(16)8-13-6-7-14-11-4-3-5-12(10(11)2)15(17)18/h3-5,9,13-14,16H,6-8H2,1-2H3. The first-order chi connectivity index (χ1) is 8.52. The van der Waals surface area contributed by atoms with Crippen LogP contribution in [-0.4, -0.2) is 35.8 Å². The van der Waals surface area contributed by atoms with Gasteiger partial charge in [-0.2, -0.15) is 0 Å². The van der Waals surface area contributed by atoms with E-state index in [0.29, 0.717) is 25.2 Å². The quantitative estimate of drug-likeness (QED) is 0.387. The molecule has 0 heterocycles. The number of rotatable bonds is 7. The topological polar surface area (TPSA) is 87.4 Å². The van der Waals surface area contributed by atoms with E-state index in [2.05, 4.69) is 10.6 Å². The van der Waals surface area contributed by atoms with Crippen molar-refractivity contribution in [1.29, 1.82) is 0 Å². The Morgan fingerprint density at radius 2 is 2.17 bits per heavy atom. The average Bonchev–Trinajstić information content (AvgIpc) is 2.30. The Hall–Kier alpha value is -1.66. The van der Waals surface area contributed by atoms with E-state index in [1.54, 1.807) is 19.9 Å². The number of nitrogens with zero attached hydrogens (tertiary/aromatic N) is 1. The van der Waals surface area contributed by atoms with Crippen LogP contribution in [0.25, 0.3) is 0 Å². The first-order valence-electron chi connectivity index (χ1n) is 5.89. The largest absolute Gasteiger partial charge is 0.392 e. The van der Waals surface area contributed by atoms with Gasteiger partial charge in [0.25, 0.3) is 5.69 Å². The predicted octanol–water partition coefficient (Wildman–Crippen LogP) is 1.29. The second-order valence-corrected chi connectivity index (χ2v) is 4.19. The van der Waals surface area contributed by atoms with E-state index in [-0.39, 0.29) is 16.7 Å². The van der Waals surface area contributed by atoms with Crippen LogP contribution in [0.4, 0.5) is 11.4 Å². The Morgan fingerprint density at radius 3 is 2.78 bits per heavy atom. The van der Waals surface area contributed by atoms with Gasteiger partial charge in [-0.1, -0.05) is 6.07 Å². The summed E-state index contributed by atoms with van der Waals surface area (Å²) in [7, 11) is 0. The first-order valence-corrected chi connectivity index (χ1v) is 5.89. The number of aliphatic hydroxyl groups is 1. The maximum atomic E-state index is 10.8. The minimum absolute atomic E-state index is 0.122. The lowest BCUT2D eigenvalue weighted by atomic mass is 10.1. The number of benzene rings is 1. The molecule has 0 amide bonds. The van der Waals surface area contributed by atoms with E-state index in [4.69, 9.17) is 5.11 Å². The second kappa shape index (κ2) is 6.93. The SMILES string of the molecule is Cc1c(NCCNCC(C)O)cccc1[N+](=O)[O-]. The van der Waals surface area contributed by atoms with Gasteiger partial charge < -0.3 is 15.7 Å². The molecule has 1 atom stereocenters. The predicted molar refractivity (Wildman–Crippen MR) is 70.9 cm³/mol. The molecule has 100 valence electrons. The molecule has 1 aromatic rings. The number of nitrogens with one attached hydrogen (secondary N) is 2. The van der Waals surface area contributed by atoms with E-state index < -0.39 is 0 Å². The fraction of sp³-hybridized carbons (Fsp3) is 0.500. The molecule has 0 saturated carbocycles. The molecule has 0 radical (unpaired) electrons. The summed E-state index contributed by atoms with van der Waals surface area (Å²) in [4.78, 5) is 10.4. The highest BCUT2D eigenvalue weighted by atomic mass is 16.6. The number of hydrogen-bond donors (Lipinski definition) is 3. The summed E-state index contributed by atoms with van der Waals surface area (Å²) in [6.07, 6.45) is -0.371. The summed E-state index contributed by atoms with van der Waals surface area (Å²) in [5.74, 6) is 0. The average molecular weight is 253 g/mol. The Morgan fingerprint density at radius 1 is 1.44 bits per heavy atom. The van der Waals surface area contributed by atoms with Gasteiger partial charge >= 0.3 is 0 Å². The second-order valence-electron chi connectivity index (χ2n) is 4.19. The zero-order chi connectivity index (χ0) is 13.5. The van der Waals surface area contributed by atoms with Gasteiger partial charge in [-0.15, -0.1) is 0 Å². The molecule has 0 aliphatic rings. The van der Waals surface area contributed by atoms with E-state index >= 15 is 0 Å². The Labute approximate surface area is 106 Å². The monoisotopic (exact) mass is 253 g/mol. The Balaban J connectivity index is 2.48. The molecule has 6 heteroatoms. The molecule has 0 bridgehead atoms. The molecule has 6 nitrogen and oxygen atoms in total.